The molecule has 0 radical (unpaired) electrons. The Labute approximate surface area is 106 Å². The number of fused-ring (bicyclic) bond motifs is 3. The van der Waals surface area contributed by atoms with Crippen LogP contribution in [0.5, 0.6) is 0 Å². The van der Waals surface area contributed by atoms with Gasteiger partial charge in [0.05, 0.1) is 18.3 Å². The van der Waals surface area contributed by atoms with Crippen LogP contribution < -0.4 is 5.56 Å². The molecule has 0 aromatic carbocycles. The number of aryl methyl sites for hydroxylation is 1. The van der Waals surface area contributed by atoms with E-state index in [1.807, 2.05) is 0 Å². The molecule has 1 aliphatic heterocycles. The van der Waals surface area contributed by atoms with Crippen LogP contribution in [0.1, 0.15) is 16.9 Å². The van der Waals surface area contributed by atoms with E-state index < -0.39 is 6.09 Å². The number of rotatable bonds is 0. The quantitative estimate of drug-likeness (QED) is 0.754. The van der Waals surface area contributed by atoms with Gasteiger partial charge in [-0.3, -0.25) is 4.79 Å². The summed E-state index contributed by atoms with van der Waals surface area (Å²) in [5.74, 6) is 0. The summed E-state index contributed by atoms with van der Waals surface area (Å²) in [6, 6.07) is 0. The van der Waals surface area contributed by atoms with Crippen LogP contribution in [0.15, 0.2) is 11.1 Å². The summed E-state index contributed by atoms with van der Waals surface area (Å²) in [6.07, 6.45) is 1.94. The van der Waals surface area contributed by atoms with E-state index in [0.717, 1.165) is 23.3 Å². The standard InChI is InChI=1S/C11H11N3O3S/c15-9-8-6-2-1-3-14(11(16)17)4-7(6)18-10(8)13-5-12-9/h5H,1-4H2,(H,16,17)(H,12,13,15). The molecule has 1 amide bonds. The molecule has 2 aromatic heterocycles. The van der Waals surface area contributed by atoms with Crippen LogP contribution in [0, 0.1) is 0 Å². The van der Waals surface area contributed by atoms with E-state index in [0.29, 0.717) is 23.3 Å². The molecule has 0 fully saturated rings. The molecule has 3 heterocycles. The Balaban J connectivity index is 2.17. The number of aromatic amines is 1. The number of amides is 1. The number of aromatic nitrogens is 2. The van der Waals surface area contributed by atoms with Crippen molar-refractivity contribution >= 4 is 27.6 Å². The minimum Gasteiger partial charge on any atom is -0.465 e. The zero-order chi connectivity index (χ0) is 12.7. The molecule has 1 aliphatic rings. The Bertz CT molecular complexity index is 676. The third kappa shape index (κ3) is 1.67. The first-order chi connectivity index (χ1) is 8.66. The molecule has 7 heteroatoms. The summed E-state index contributed by atoms with van der Waals surface area (Å²) in [7, 11) is 0. The first-order valence-corrected chi connectivity index (χ1v) is 6.44. The van der Waals surface area contributed by atoms with Crippen LogP contribution in [0.3, 0.4) is 0 Å². The van der Waals surface area contributed by atoms with Crippen molar-refractivity contribution in [3.8, 4) is 0 Å². The molecule has 0 atom stereocenters. The molecule has 94 valence electrons. The summed E-state index contributed by atoms with van der Waals surface area (Å²) in [5, 5.41) is 9.69. The van der Waals surface area contributed by atoms with Crippen LogP contribution in [0.2, 0.25) is 0 Å². The van der Waals surface area contributed by atoms with E-state index in [2.05, 4.69) is 9.97 Å². The summed E-state index contributed by atoms with van der Waals surface area (Å²) < 4.78 is 0. The molecule has 0 spiro atoms. The second kappa shape index (κ2) is 4.09. The van der Waals surface area contributed by atoms with Crippen molar-refractivity contribution in [1.29, 1.82) is 0 Å². The molecule has 2 aromatic rings. The Kier molecular flexibility index (Phi) is 2.55. The van der Waals surface area contributed by atoms with E-state index in [-0.39, 0.29) is 5.56 Å². The Morgan fingerprint density at radius 1 is 1.56 bits per heavy atom. The average molecular weight is 265 g/mol. The zero-order valence-corrected chi connectivity index (χ0v) is 10.3. The molecular weight excluding hydrogens is 254 g/mol. The Hall–Kier alpha value is -1.89. The maximum absolute atomic E-state index is 11.8. The van der Waals surface area contributed by atoms with Crippen LogP contribution in [-0.4, -0.2) is 32.6 Å². The van der Waals surface area contributed by atoms with Gasteiger partial charge >= 0.3 is 6.09 Å². The molecule has 2 N–H and O–H groups in total. The van der Waals surface area contributed by atoms with Crippen molar-refractivity contribution in [2.45, 2.75) is 19.4 Å². The van der Waals surface area contributed by atoms with E-state index in [1.165, 1.54) is 22.6 Å². The van der Waals surface area contributed by atoms with Crippen molar-refractivity contribution in [2.24, 2.45) is 0 Å². The van der Waals surface area contributed by atoms with Gasteiger partial charge in [0.1, 0.15) is 4.83 Å². The highest BCUT2D eigenvalue weighted by atomic mass is 32.1. The topological polar surface area (TPSA) is 86.3 Å². The number of hydrogen-bond acceptors (Lipinski definition) is 4. The molecule has 3 rings (SSSR count). The first-order valence-electron chi connectivity index (χ1n) is 5.62. The van der Waals surface area contributed by atoms with E-state index in [1.54, 1.807) is 0 Å². The number of H-pyrrole nitrogens is 1. The SMILES string of the molecule is O=C(O)N1CCCc2c(sc3nc[nH]c(=O)c23)C1. The Morgan fingerprint density at radius 3 is 3.17 bits per heavy atom. The summed E-state index contributed by atoms with van der Waals surface area (Å²) in [4.78, 5) is 32.6. The van der Waals surface area contributed by atoms with Crippen LogP contribution in [0.25, 0.3) is 10.2 Å². The molecule has 0 aliphatic carbocycles. The zero-order valence-electron chi connectivity index (χ0n) is 9.47. The highest BCUT2D eigenvalue weighted by Crippen LogP contribution is 2.31. The van der Waals surface area contributed by atoms with Gasteiger partial charge in [-0.25, -0.2) is 9.78 Å². The molecule has 18 heavy (non-hydrogen) atoms. The average Bonchev–Trinajstić information content (AvgIpc) is 2.54. The molecule has 6 nitrogen and oxygen atoms in total. The fourth-order valence-electron chi connectivity index (χ4n) is 2.30. The maximum atomic E-state index is 11.8. The fourth-order valence-corrected chi connectivity index (χ4v) is 3.50. The Morgan fingerprint density at radius 2 is 2.39 bits per heavy atom. The molecule has 0 unspecified atom stereocenters. The van der Waals surface area contributed by atoms with Crippen LogP contribution in [-0.2, 0) is 13.0 Å². The highest BCUT2D eigenvalue weighted by Gasteiger charge is 2.23. The van der Waals surface area contributed by atoms with Crippen LogP contribution >= 0.6 is 11.3 Å². The van der Waals surface area contributed by atoms with Gasteiger partial charge < -0.3 is 15.0 Å². The fraction of sp³-hybridized carbons (Fsp3) is 0.364. The van der Waals surface area contributed by atoms with Crippen molar-refractivity contribution < 1.29 is 9.90 Å². The lowest BCUT2D eigenvalue weighted by molar-refractivity contribution is 0.143. The molecular formula is C11H11N3O3S. The molecule has 0 saturated carbocycles. The van der Waals surface area contributed by atoms with Crippen molar-refractivity contribution in [2.75, 3.05) is 6.54 Å². The van der Waals surface area contributed by atoms with Gasteiger partial charge in [0, 0.05) is 11.4 Å². The van der Waals surface area contributed by atoms with Gasteiger partial charge in [-0.05, 0) is 18.4 Å². The van der Waals surface area contributed by atoms with Gasteiger partial charge in [0.25, 0.3) is 5.56 Å². The van der Waals surface area contributed by atoms with Gasteiger partial charge in [-0.15, -0.1) is 11.3 Å². The third-order valence-electron chi connectivity index (χ3n) is 3.14. The molecule has 0 bridgehead atoms. The minimum absolute atomic E-state index is 0.138. The third-order valence-corrected chi connectivity index (χ3v) is 4.26. The number of nitrogens with zero attached hydrogens (tertiary/aromatic N) is 2. The number of hydrogen-bond donors (Lipinski definition) is 2. The lowest BCUT2D eigenvalue weighted by atomic mass is 10.1. The minimum atomic E-state index is -0.915. The smallest absolute Gasteiger partial charge is 0.407 e. The monoisotopic (exact) mass is 265 g/mol. The van der Waals surface area contributed by atoms with E-state index in [4.69, 9.17) is 5.11 Å². The number of carbonyl (C=O) groups is 1. The van der Waals surface area contributed by atoms with Gasteiger partial charge in [0.15, 0.2) is 0 Å². The summed E-state index contributed by atoms with van der Waals surface area (Å²) in [6.45, 7) is 0.863. The van der Waals surface area contributed by atoms with E-state index >= 15 is 0 Å². The largest absolute Gasteiger partial charge is 0.465 e. The second-order valence-corrected chi connectivity index (χ2v) is 5.31. The van der Waals surface area contributed by atoms with Gasteiger partial charge in [0.2, 0.25) is 0 Å². The lowest BCUT2D eigenvalue weighted by Gasteiger charge is -2.15. The second-order valence-electron chi connectivity index (χ2n) is 4.22. The van der Waals surface area contributed by atoms with Gasteiger partial charge in [-0.2, -0.15) is 0 Å². The molecule has 0 saturated heterocycles. The van der Waals surface area contributed by atoms with Crippen LogP contribution in [0.4, 0.5) is 4.79 Å². The van der Waals surface area contributed by atoms with Crippen molar-refractivity contribution in [3.63, 3.8) is 0 Å². The van der Waals surface area contributed by atoms with E-state index in [9.17, 15) is 9.59 Å². The number of nitrogens with one attached hydrogen (secondary N) is 1. The predicted molar refractivity (Wildman–Crippen MR) is 67.0 cm³/mol. The van der Waals surface area contributed by atoms with Crippen molar-refractivity contribution in [3.05, 3.63) is 27.1 Å². The normalized spacial score (nSPS) is 15.4. The number of thiophene rings is 1. The summed E-state index contributed by atoms with van der Waals surface area (Å²) >= 11 is 1.41. The summed E-state index contributed by atoms with van der Waals surface area (Å²) in [5.41, 5.74) is 0.828. The predicted octanol–water partition coefficient (Wildman–Crippen LogP) is 1.41. The number of carboxylic acid groups (broad SMARTS) is 1. The van der Waals surface area contributed by atoms with Crippen molar-refractivity contribution in [1.82, 2.24) is 14.9 Å². The lowest BCUT2D eigenvalue weighted by Crippen LogP contribution is -2.28. The first kappa shape index (κ1) is 11.2. The van der Waals surface area contributed by atoms with Gasteiger partial charge in [-0.1, -0.05) is 0 Å². The highest BCUT2D eigenvalue weighted by molar-refractivity contribution is 7.18. The maximum Gasteiger partial charge on any atom is 0.407 e.